The second kappa shape index (κ2) is 5.71. The average Bonchev–Trinajstić information content (AvgIpc) is 2.84. The lowest BCUT2D eigenvalue weighted by Crippen LogP contribution is -2.05. The Morgan fingerprint density at radius 1 is 1.22 bits per heavy atom. The molecule has 1 aromatic carbocycles. The van der Waals surface area contributed by atoms with Crippen LogP contribution in [0.15, 0.2) is 36.8 Å². The number of hydrogen-bond acceptors (Lipinski definition) is 2. The lowest BCUT2D eigenvalue weighted by molar-refractivity contribution is 0.719. The van der Waals surface area contributed by atoms with E-state index in [4.69, 9.17) is 0 Å². The third kappa shape index (κ3) is 2.92. The van der Waals surface area contributed by atoms with Crippen molar-refractivity contribution in [3.63, 3.8) is 0 Å². The van der Waals surface area contributed by atoms with Crippen LogP contribution in [0.5, 0.6) is 0 Å². The van der Waals surface area contributed by atoms with Crippen LogP contribution in [-0.2, 0) is 13.1 Å². The highest BCUT2D eigenvalue weighted by Gasteiger charge is 2.01. The minimum Gasteiger partial charge on any atom is -0.379 e. The largest absolute Gasteiger partial charge is 0.379 e. The molecular formula is C15H21N3. The maximum Gasteiger partial charge on any atom is 0.0948 e. The molecule has 0 bridgehead atoms. The van der Waals surface area contributed by atoms with Gasteiger partial charge in [-0.1, -0.05) is 26.0 Å². The smallest absolute Gasteiger partial charge is 0.0948 e. The molecular weight excluding hydrogens is 222 g/mol. The highest BCUT2D eigenvalue weighted by molar-refractivity contribution is 5.45. The molecule has 1 aromatic heterocycles. The monoisotopic (exact) mass is 243 g/mol. The van der Waals surface area contributed by atoms with Crippen LogP contribution in [0.3, 0.4) is 0 Å². The molecule has 0 fully saturated rings. The zero-order chi connectivity index (χ0) is 13.0. The van der Waals surface area contributed by atoms with Crippen LogP contribution in [0.2, 0.25) is 0 Å². The van der Waals surface area contributed by atoms with Crippen LogP contribution in [0.4, 0.5) is 5.69 Å². The zero-order valence-corrected chi connectivity index (χ0v) is 11.4. The van der Waals surface area contributed by atoms with Crippen molar-refractivity contribution in [3.8, 4) is 0 Å². The molecule has 0 saturated carbocycles. The molecule has 0 aliphatic rings. The molecule has 0 amide bonds. The zero-order valence-electron chi connectivity index (χ0n) is 11.4. The summed E-state index contributed by atoms with van der Waals surface area (Å²) in [5.41, 5.74) is 3.74. The van der Waals surface area contributed by atoms with E-state index in [-0.39, 0.29) is 0 Å². The average molecular weight is 243 g/mol. The van der Waals surface area contributed by atoms with E-state index in [9.17, 15) is 0 Å². The quantitative estimate of drug-likeness (QED) is 0.869. The van der Waals surface area contributed by atoms with Gasteiger partial charge in [-0.3, -0.25) is 0 Å². The molecule has 0 aliphatic carbocycles. The third-order valence-corrected chi connectivity index (χ3v) is 3.19. The Bertz CT molecular complexity index is 483. The summed E-state index contributed by atoms with van der Waals surface area (Å²) >= 11 is 0. The summed E-state index contributed by atoms with van der Waals surface area (Å²) in [6, 6.07) is 8.65. The Kier molecular flexibility index (Phi) is 4.03. The second-order valence-electron chi connectivity index (χ2n) is 4.80. The van der Waals surface area contributed by atoms with Crippen LogP contribution in [0.1, 0.15) is 37.9 Å². The summed E-state index contributed by atoms with van der Waals surface area (Å²) in [7, 11) is 0. The maximum absolute atomic E-state index is 4.17. The highest BCUT2D eigenvalue weighted by atomic mass is 15.1. The van der Waals surface area contributed by atoms with Gasteiger partial charge in [-0.05, 0) is 30.5 Å². The first-order valence-electron chi connectivity index (χ1n) is 6.53. The van der Waals surface area contributed by atoms with E-state index in [1.807, 2.05) is 12.5 Å². The number of hydrogen-bond donors (Lipinski definition) is 1. The molecule has 3 nitrogen and oxygen atoms in total. The van der Waals surface area contributed by atoms with E-state index in [1.165, 1.54) is 11.3 Å². The SMILES string of the molecule is CCn1cncc1CNc1ccc(C(C)C)cc1. The third-order valence-electron chi connectivity index (χ3n) is 3.19. The van der Waals surface area contributed by atoms with E-state index < -0.39 is 0 Å². The van der Waals surface area contributed by atoms with Gasteiger partial charge >= 0.3 is 0 Å². The lowest BCUT2D eigenvalue weighted by atomic mass is 10.0. The van der Waals surface area contributed by atoms with Crippen molar-refractivity contribution < 1.29 is 0 Å². The van der Waals surface area contributed by atoms with Gasteiger partial charge in [0.15, 0.2) is 0 Å². The minimum atomic E-state index is 0.584. The Labute approximate surface area is 109 Å². The molecule has 0 saturated heterocycles. The Balaban J connectivity index is 1.98. The van der Waals surface area contributed by atoms with Gasteiger partial charge in [-0.25, -0.2) is 4.98 Å². The molecule has 18 heavy (non-hydrogen) atoms. The van der Waals surface area contributed by atoms with Gasteiger partial charge in [-0.15, -0.1) is 0 Å². The lowest BCUT2D eigenvalue weighted by Gasteiger charge is -2.10. The summed E-state index contributed by atoms with van der Waals surface area (Å²) in [6.45, 7) is 8.32. The Hall–Kier alpha value is -1.77. The molecule has 2 rings (SSSR count). The van der Waals surface area contributed by atoms with Crippen LogP contribution in [-0.4, -0.2) is 9.55 Å². The molecule has 1 heterocycles. The Morgan fingerprint density at radius 3 is 2.56 bits per heavy atom. The standard InChI is InChI=1S/C15H21N3/c1-4-18-11-16-9-15(18)10-17-14-7-5-13(6-8-14)12(2)3/h5-9,11-12,17H,4,10H2,1-3H3. The molecule has 0 radical (unpaired) electrons. The number of anilines is 1. The number of nitrogens with zero attached hydrogens (tertiary/aromatic N) is 2. The minimum absolute atomic E-state index is 0.584. The summed E-state index contributed by atoms with van der Waals surface area (Å²) in [5, 5.41) is 3.43. The van der Waals surface area contributed by atoms with Crippen molar-refractivity contribution >= 4 is 5.69 Å². The van der Waals surface area contributed by atoms with Gasteiger partial charge in [-0.2, -0.15) is 0 Å². The molecule has 0 spiro atoms. The topological polar surface area (TPSA) is 29.9 Å². The summed E-state index contributed by atoms with van der Waals surface area (Å²) < 4.78 is 2.15. The van der Waals surface area contributed by atoms with Gasteiger partial charge in [0.1, 0.15) is 0 Å². The fraction of sp³-hybridized carbons (Fsp3) is 0.400. The van der Waals surface area contributed by atoms with Crippen LogP contribution in [0, 0.1) is 0 Å². The summed E-state index contributed by atoms with van der Waals surface area (Å²) in [6.07, 6.45) is 3.79. The van der Waals surface area contributed by atoms with Gasteiger partial charge < -0.3 is 9.88 Å². The highest BCUT2D eigenvalue weighted by Crippen LogP contribution is 2.17. The molecule has 96 valence electrons. The van der Waals surface area contributed by atoms with Crippen molar-refractivity contribution in [1.29, 1.82) is 0 Å². The fourth-order valence-electron chi connectivity index (χ4n) is 1.96. The van der Waals surface area contributed by atoms with Gasteiger partial charge in [0.2, 0.25) is 0 Å². The molecule has 0 aliphatic heterocycles. The van der Waals surface area contributed by atoms with Crippen molar-refractivity contribution in [2.75, 3.05) is 5.32 Å². The van der Waals surface area contributed by atoms with E-state index in [2.05, 4.69) is 59.9 Å². The van der Waals surface area contributed by atoms with Crippen molar-refractivity contribution in [2.45, 2.75) is 39.8 Å². The summed E-state index contributed by atoms with van der Waals surface area (Å²) in [4.78, 5) is 4.17. The molecule has 0 unspecified atom stereocenters. The van der Waals surface area contributed by atoms with E-state index in [0.717, 1.165) is 18.8 Å². The first-order chi connectivity index (χ1) is 8.70. The van der Waals surface area contributed by atoms with Crippen molar-refractivity contribution in [2.24, 2.45) is 0 Å². The molecule has 3 heteroatoms. The number of aryl methyl sites for hydroxylation is 1. The summed E-state index contributed by atoms with van der Waals surface area (Å²) in [5.74, 6) is 0.584. The van der Waals surface area contributed by atoms with E-state index in [0.29, 0.717) is 5.92 Å². The number of aromatic nitrogens is 2. The number of benzene rings is 1. The van der Waals surface area contributed by atoms with Gasteiger partial charge in [0, 0.05) is 18.4 Å². The fourth-order valence-corrected chi connectivity index (χ4v) is 1.96. The molecule has 1 N–H and O–H groups in total. The number of nitrogens with one attached hydrogen (secondary N) is 1. The van der Waals surface area contributed by atoms with E-state index >= 15 is 0 Å². The predicted octanol–water partition coefficient (Wildman–Crippen LogP) is 3.64. The predicted molar refractivity (Wildman–Crippen MR) is 75.8 cm³/mol. The van der Waals surface area contributed by atoms with Crippen molar-refractivity contribution in [1.82, 2.24) is 9.55 Å². The molecule has 2 aromatic rings. The number of imidazole rings is 1. The van der Waals surface area contributed by atoms with Crippen molar-refractivity contribution in [3.05, 3.63) is 48.0 Å². The second-order valence-corrected chi connectivity index (χ2v) is 4.80. The van der Waals surface area contributed by atoms with Gasteiger partial charge in [0.25, 0.3) is 0 Å². The number of rotatable bonds is 5. The molecule has 0 atom stereocenters. The van der Waals surface area contributed by atoms with Crippen LogP contribution < -0.4 is 5.32 Å². The Morgan fingerprint density at radius 2 is 1.94 bits per heavy atom. The van der Waals surface area contributed by atoms with Crippen LogP contribution >= 0.6 is 0 Å². The maximum atomic E-state index is 4.17. The first-order valence-corrected chi connectivity index (χ1v) is 6.53. The van der Waals surface area contributed by atoms with Crippen LogP contribution in [0.25, 0.3) is 0 Å². The van der Waals surface area contributed by atoms with E-state index in [1.54, 1.807) is 0 Å². The first kappa shape index (κ1) is 12.7. The van der Waals surface area contributed by atoms with Gasteiger partial charge in [0.05, 0.1) is 18.6 Å². The normalized spacial score (nSPS) is 10.9.